The van der Waals surface area contributed by atoms with Gasteiger partial charge in [0.25, 0.3) is 0 Å². The van der Waals surface area contributed by atoms with E-state index in [4.69, 9.17) is 4.74 Å². The molecule has 0 bridgehead atoms. The van der Waals surface area contributed by atoms with Crippen LogP contribution in [0.4, 0.5) is 17.5 Å². The highest BCUT2D eigenvalue weighted by atomic mass is 16.5. The van der Waals surface area contributed by atoms with Gasteiger partial charge in [0, 0.05) is 30.4 Å². The summed E-state index contributed by atoms with van der Waals surface area (Å²) in [7, 11) is 1.62. The third-order valence-corrected chi connectivity index (χ3v) is 6.41. The average Bonchev–Trinajstić information content (AvgIpc) is 2.88. The van der Waals surface area contributed by atoms with E-state index in [-0.39, 0.29) is 5.91 Å². The van der Waals surface area contributed by atoms with Gasteiger partial charge in [-0.15, -0.1) is 0 Å². The molecule has 0 radical (unpaired) electrons. The Kier molecular flexibility index (Phi) is 8.54. The number of carbonyl (C=O) groups excluding carboxylic acids is 1. The minimum Gasteiger partial charge on any atom is -0.497 e. The van der Waals surface area contributed by atoms with Crippen LogP contribution in [0, 0.1) is 12.8 Å². The molecule has 1 amide bonds. The molecule has 3 N–H and O–H groups in total. The zero-order chi connectivity index (χ0) is 24.5. The highest BCUT2D eigenvalue weighted by molar-refractivity contribution is 5.96. The lowest BCUT2D eigenvalue weighted by molar-refractivity contribution is -0.116. The second-order valence-electron chi connectivity index (χ2n) is 9.21. The predicted molar refractivity (Wildman–Crippen MR) is 141 cm³/mol. The van der Waals surface area contributed by atoms with Gasteiger partial charge >= 0.3 is 0 Å². The van der Waals surface area contributed by atoms with Gasteiger partial charge < -0.3 is 20.7 Å². The highest BCUT2D eigenvalue weighted by Crippen LogP contribution is 2.24. The van der Waals surface area contributed by atoms with Crippen LogP contribution in [0.3, 0.4) is 0 Å². The number of methoxy groups -OCH3 is 1. The summed E-state index contributed by atoms with van der Waals surface area (Å²) >= 11 is 0. The molecule has 184 valence electrons. The molecule has 3 aromatic rings. The molecule has 1 aliphatic rings. The predicted octanol–water partition coefficient (Wildman–Crippen LogP) is 5.45. The zero-order valence-corrected chi connectivity index (χ0v) is 20.6. The molecule has 0 spiro atoms. The van der Waals surface area contributed by atoms with Crippen molar-refractivity contribution in [3.05, 3.63) is 71.9 Å². The van der Waals surface area contributed by atoms with Crippen LogP contribution in [0.2, 0.25) is 0 Å². The smallest absolute Gasteiger partial charge is 0.247 e. The number of rotatable bonds is 10. The molecule has 0 unspecified atom stereocenters. The van der Waals surface area contributed by atoms with E-state index < -0.39 is 6.04 Å². The summed E-state index contributed by atoms with van der Waals surface area (Å²) < 4.78 is 5.22. The fourth-order valence-corrected chi connectivity index (χ4v) is 4.49. The number of nitrogens with zero attached hydrogens (tertiary/aromatic N) is 2. The van der Waals surface area contributed by atoms with Crippen LogP contribution in [0.25, 0.3) is 0 Å². The first-order valence-corrected chi connectivity index (χ1v) is 12.4. The SMILES string of the molecule is COc1ccc(NC(=O)[C@H](Cc2ccccc2)Nc2cc(C)nc(NCC3CCCCC3)n2)cc1. The lowest BCUT2D eigenvalue weighted by Crippen LogP contribution is -2.37. The fraction of sp³-hybridized carbons (Fsp3) is 0.393. The molecule has 0 aliphatic heterocycles. The number of aromatic nitrogens is 2. The number of hydrogen-bond acceptors (Lipinski definition) is 6. The summed E-state index contributed by atoms with van der Waals surface area (Å²) in [4.78, 5) is 22.6. The van der Waals surface area contributed by atoms with Gasteiger partial charge in [-0.1, -0.05) is 49.6 Å². The Bertz CT molecular complexity index is 1080. The molecule has 1 atom stereocenters. The summed E-state index contributed by atoms with van der Waals surface area (Å²) in [6.07, 6.45) is 6.99. The fourth-order valence-electron chi connectivity index (χ4n) is 4.49. The second-order valence-corrected chi connectivity index (χ2v) is 9.21. The Balaban J connectivity index is 1.48. The van der Waals surface area contributed by atoms with Crippen molar-refractivity contribution >= 4 is 23.4 Å². The van der Waals surface area contributed by atoms with Crippen molar-refractivity contribution in [3.8, 4) is 5.75 Å². The topological polar surface area (TPSA) is 88.2 Å². The molecule has 1 heterocycles. The third kappa shape index (κ3) is 7.44. The van der Waals surface area contributed by atoms with Crippen molar-refractivity contribution in [1.82, 2.24) is 9.97 Å². The monoisotopic (exact) mass is 473 g/mol. The maximum absolute atomic E-state index is 13.3. The molecule has 35 heavy (non-hydrogen) atoms. The number of benzene rings is 2. The quantitative estimate of drug-likeness (QED) is 0.363. The summed E-state index contributed by atoms with van der Waals surface area (Å²) in [5.41, 5.74) is 2.63. The Morgan fingerprint density at radius 3 is 2.49 bits per heavy atom. The van der Waals surface area contributed by atoms with Crippen LogP contribution < -0.4 is 20.7 Å². The Morgan fingerprint density at radius 2 is 1.77 bits per heavy atom. The van der Waals surface area contributed by atoms with Crippen LogP contribution in [0.1, 0.15) is 43.4 Å². The van der Waals surface area contributed by atoms with Crippen LogP contribution in [-0.2, 0) is 11.2 Å². The maximum Gasteiger partial charge on any atom is 0.247 e. The van der Waals surface area contributed by atoms with Gasteiger partial charge in [0.15, 0.2) is 0 Å². The van der Waals surface area contributed by atoms with Crippen molar-refractivity contribution in [2.45, 2.75) is 51.5 Å². The van der Waals surface area contributed by atoms with Crippen LogP contribution in [0.15, 0.2) is 60.7 Å². The Hall–Kier alpha value is -3.61. The summed E-state index contributed by atoms with van der Waals surface area (Å²) in [6.45, 7) is 2.83. The number of anilines is 3. The lowest BCUT2D eigenvalue weighted by Gasteiger charge is -2.22. The third-order valence-electron chi connectivity index (χ3n) is 6.41. The molecular formula is C28H35N5O2. The molecule has 1 saturated carbocycles. The van der Waals surface area contributed by atoms with Gasteiger partial charge in [-0.05, 0) is 55.5 Å². The van der Waals surface area contributed by atoms with Gasteiger partial charge in [-0.3, -0.25) is 4.79 Å². The van der Waals surface area contributed by atoms with E-state index in [0.717, 1.165) is 23.6 Å². The number of carbonyl (C=O) groups is 1. The van der Waals surface area contributed by atoms with E-state index in [0.29, 0.717) is 29.8 Å². The van der Waals surface area contributed by atoms with Crippen LogP contribution in [0.5, 0.6) is 5.75 Å². The molecule has 1 aliphatic carbocycles. The normalized spacial score (nSPS) is 14.7. The second kappa shape index (κ2) is 12.2. The molecule has 7 heteroatoms. The summed E-state index contributed by atoms with van der Waals surface area (Å²) in [6, 6.07) is 18.7. The van der Waals surface area contributed by atoms with Crippen molar-refractivity contribution in [2.75, 3.05) is 29.6 Å². The van der Waals surface area contributed by atoms with E-state index in [1.54, 1.807) is 7.11 Å². The zero-order valence-electron chi connectivity index (χ0n) is 20.6. The number of amides is 1. The van der Waals surface area contributed by atoms with Crippen molar-refractivity contribution in [3.63, 3.8) is 0 Å². The molecular weight excluding hydrogens is 438 g/mol. The standard InChI is InChI=1S/C28H35N5O2/c1-20-17-26(33-28(30-20)29-19-22-11-7-4-8-12-22)32-25(18-21-9-5-3-6-10-21)27(34)31-23-13-15-24(35-2)16-14-23/h3,5-6,9-10,13-17,22,25H,4,7-8,11-12,18-19H2,1-2H3,(H,31,34)(H2,29,30,32,33)/t25-/m0/s1. The minimum absolute atomic E-state index is 0.132. The number of aryl methyl sites for hydroxylation is 1. The maximum atomic E-state index is 13.3. The summed E-state index contributed by atoms with van der Waals surface area (Å²) in [5.74, 6) is 2.52. The van der Waals surface area contributed by atoms with E-state index in [1.807, 2.05) is 67.6 Å². The van der Waals surface area contributed by atoms with Crippen molar-refractivity contribution in [1.29, 1.82) is 0 Å². The first-order chi connectivity index (χ1) is 17.1. The molecule has 1 aromatic heterocycles. The first-order valence-electron chi connectivity index (χ1n) is 12.4. The van der Waals surface area contributed by atoms with Gasteiger partial charge in [-0.25, -0.2) is 4.98 Å². The minimum atomic E-state index is -0.514. The molecule has 7 nitrogen and oxygen atoms in total. The molecule has 1 fully saturated rings. The van der Waals surface area contributed by atoms with E-state index in [9.17, 15) is 4.79 Å². The average molecular weight is 474 g/mol. The van der Waals surface area contributed by atoms with Gasteiger partial charge in [0.05, 0.1) is 7.11 Å². The number of hydrogen-bond donors (Lipinski definition) is 3. The van der Waals surface area contributed by atoms with Crippen LogP contribution in [-0.4, -0.2) is 35.6 Å². The molecule has 4 rings (SSSR count). The Morgan fingerprint density at radius 1 is 1.03 bits per heavy atom. The lowest BCUT2D eigenvalue weighted by atomic mass is 9.89. The largest absolute Gasteiger partial charge is 0.497 e. The number of ether oxygens (including phenoxy) is 1. The van der Waals surface area contributed by atoms with Gasteiger partial charge in [0.1, 0.15) is 17.6 Å². The van der Waals surface area contributed by atoms with E-state index in [2.05, 4.69) is 25.9 Å². The van der Waals surface area contributed by atoms with Gasteiger partial charge in [-0.2, -0.15) is 4.98 Å². The summed E-state index contributed by atoms with van der Waals surface area (Å²) in [5, 5.41) is 9.80. The van der Waals surface area contributed by atoms with Gasteiger partial charge in [0.2, 0.25) is 11.9 Å². The van der Waals surface area contributed by atoms with E-state index >= 15 is 0 Å². The van der Waals surface area contributed by atoms with Crippen molar-refractivity contribution < 1.29 is 9.53 Å². The number of nitrogens with one attached hydrogen (secondary N) is 3. The van der Waals surface area contributed by atoms with Crippen LogP contribution >= 0.6 is 0 Å². The highest BCUT2D eigenvalue weighted by Gasteiger charge is 2.21. The molecule has 0 saturated heterocycles. The Labute approximate surface area is 207 Å². The molecule has 2 aromatic carbocycles. The van der Waals surface area contributed by atoms with E-state index in [1.165, 1.54) is 32.1 Å². The first kappa shape index (κ1) is 24.5. The van der Waals surface area contributed by atoms with Crippen molar-refractivity contribution in [2.24, 2.45) is 5.92 Å².